The Bertz CT molecular complexity index is 538. The summed E-state index contributed by atoms with van der Waals surface area (Å²) >= 11 is 3.35. The van der Waals surface area contributed by atoms with E-state index >= 15 is 0 Å². The minimum atomic E-state index is -0.0761. The van der Waals surface area contributed by atoms with Gasteiger partial charge >= 0.3 is 0 Å². The van der Waals surface area contributed by atoms with Crippen molar-refractivity contribution >= 4 is 27.7 Å². The molecule has 5 nitrogen and oxygen atoms in total. The smallest absolute Gasteiger partial charge is 0.225 e. The lowest BCUT2D eigenvalue weighted by atomic mass is 10.2. The Morgan fingerprint density at radius 3 is 2.94 bits per heavy atom. The van der Waals surface area contributed by atoms with Gasteiger partial charge < -0.3 is 5.32 Å². The third kappa shape index (κ3) is 3.16. The maximum atomic E-state index is 11.7. The van der Waals surface area contributed by atoms with Crippen LogP contribution in [0.1, 0.15) is 17.8 Å². The van der Waals surface area contributed by atoms with E-state index in [1.165, 1.54) is 0 Å². The molecular weight excluding hydrogens is 296 g/mol. The summed E-state index contributed by atoms with van der Waals surface area (Å²) in [4.78, 5) is 15.9. The summed E-state index contributed by atoms with van der Waals surface area (Å²) in [5.74, 6) is 0.450. The number of aromatic nitrogens is 3. The minimum absolute atomic E-state index is 0.0761. The molecule has 6 heteroatoms. The van der Waals surface area contributed by atoms with Crippen molar-refractivity contribution in [2.75, 3.05) is 5.32 Å². The van der Waals surface area contributed by atoms with E-state index in [0.717, 1.165) is 15.9 Å². The van der Waals surface area contributed by atoms with Crippen LogP contribution in [0.4, 0.5) is 5.82 Å². The van der Waals surface area contributed by atoms with E-state index in [2.05, 4.69) is 36.4 Å². The van der Waals surface area contributed by atoms with Crippen LogP contribution in [0.15, 0.2) is 28.9 Å². The molecule has 0 bridgehead atoms. The second-order valence-electron chi connectivity index (χ2n) is 3.88. The number of hydrogen-bond donors (Lipinski definition) is 2. The molecule has 0 saturated heterocycles. The van der Waals surface area contributed by atoms with E-state index in [1.54, 1.807) is 6.20 Å². The van der Waals surface area contributed by atoms with E-state index in [9.17, 15) is 4.79 Å². The Morgan fingerprint density at radius 1 is 1.50 bits per heavy atom. The first-order chi connectivity index (χ1) is 8.66. The van der Waals surface area contributed by atoms with Gasteiger partial charge in [0, 0.05) is 24.0 Å². The lowest BCUT2D eigenvalue weighted by molar-refractivity contribution is -0.116. The molecule has 18 heavy (non-hydrogen) atoms. The number of carbonyl (C=O) groups excluding carboxylic acids is 1. The summed E-state index contributed by atoms with van der Waals surface area (Å²) < 4.78 is 0.786. The summed E-state index contributed by atoms with van der Waals surface area (Å²) in [6.07, 6.45) is 2.73. The topological polar surface area (TPSA) is 70.7 Å². The summed E-state index contributed by atoms with van der Waals surface area (Å²) in [5, 5.41) is 9.53. The van der Waals surface area contributed by atoms with Crippen molar-refractivity contribution in [2.45, 2.75) is 19.8 Å². The highest BCUT2D eigenvalue weighted by molar-refractivity contribution is 9.10. The van der Waals surface area contributed by atoms with Crippen LogP contribution in [-0.2, 0) is 11.2 Å². The fourth-order valence-corrected chi connectivity index (χ4v) is 1.76. The second kappa shape index (κ2) is 5.77. The van der Waals surface area contributed by atoms with E-state index < -0.39 is 0 Å². The Kier molecular flexibility index (Phi) is 4.09. The number of nitrogens with zero attached hydrogens (tertiary/aromatic N) is 2. The largest absolute Gasteiger partial charge is 0.308 e. The monoisotopic (exact) mass is 308 g/mol. The molecule has 0 atom stereocenters. The number of carbonyl (C=O) groups is 1. The van der Waals surface area contributed by atoms with Crippen molar-refractivity contribution in [3.63, 3.8) is 0 Å². The fraction of sp³-hybridized carbons (Fsp3) is 0.250. The van der Waals surface area contributed by atoms with Gasteiger partial charge in [0.25, 0.3) is 0 Å². The highest BCUT2D eigenvalue weighted by Crippen LogP contribution is 2.22. The van der Waals surface area contributed by atoms with E-state index in [1.807, 2.05) is 25.1 Å². The molecule has 0 aliphatic heterocycles. The predicted octanol–water partition coefficient (Wildman–Crippen LogP) is 2.45. The maximum absolute atomic E-state index is 11.7. The molecule has 0 radical (unpaired) electrons. The predicted molar refractivity (Wildman–Crippen MR) is 72.2 cm³/mol. The van der Waals surface area contributed by atoms with Gasteiger partial charge in [-0.1, -0.05) is 6.07 Å². The van der Waals surface area contributed by atoms with Gasteiger partial charge in [-0.2, -0.15) is 5.10 Å². The highest BCUT2D eigenvalue weighted by atomic mass is 79.9. The van der Waals surface area contributed by atoms with Crippen LogP contribution in [0.2, 0.25) is 0 Å². The molecule has 0 spiro atoms. The molecule has 2 rings (SSSR count). The zero-order valence-electron chi connectivity index (χ0n) is 9.90. The lowest BCUT2D eigenvalue weighted by Gasteiger charge is -2.02. The molecule has 2 aromatic heterocycles. The first-order valence-corrected chi connectivity index (χ1v) is 6.36. The van der Waals surface area contributed by atoms with Gasteiger partial charge in [0.1, 0.15) is 0 Å². The Balaban J connectivity index is 1.88. The summed E-state index contributed by atoms with van der Waals surface area (Å²) in [5.41, 5.74) is 1.79. The van der Waals surface area contributed by atoms with Crippen molar-refractivity contribution in [2.24, 2.45) is 0 Å². The third-order valence-electron chi connectivity index (χ3n) is 2.46. The van der Waals surface area contributed by atoms with Crippen LogP contribution in [0.3, 0.4) is 0 Å². The van der Waals surface area contributed by atoms with Crippen molar-refractivity contribution in [1.82, 2.24) is 15.2 Å². The first kappa shape index (κ1) is 12.8. The van der Waals surface area contributed by atoms with Gasteiger partial charge in [0.05, 0.1) is 4.47 Å². The number of nitrogens with one attached hydrogen (secondary N) is 2. The Hall–Kier alpha value is -1.69. The zero-order valence-corrected chi connectivity index (χ0v) is 11.5. The van der Waals surface area contributed by atoms with E-state index in [4.69, 9.17) is 0 Å². The first-order valence-electron chi connectivity index (χ1n) is 5.57. The number of amides is 1. The van der Waals surface area contributed by atoms with E-state index in [-0.39, 0.29) is 5.91 Å². The van der Waals surface area contributed by atoms with Gasteiger partial charge in [0.15, 0.2) is 5.82 Å². The highest BCUT2D eigenvalue weighted by Gasteiger charge is 2.10. The van der Waals surface area contributed by atoms with Crippen LogP contribution in [0, 0.1) is 6.92 Å². The van der Waals surface area contributed by atoms with Crippen LogP contribution < -0.4 is 5.32 Å². The molecule has 0 unspecified atom stereocenters. The van der Waals surface area contributed by atoms with Crippen molar-refractivity contribution in [3.8, 4) is 0 Å². The number of hydrogen-bond acceptors (Lipinski definition) is 3. The van der Waals surface area contributed by atoms with E-state index in [0.29, 0.717) is 18.7 Å². The maximum Gasteiger partial charge on any atom is 0.225 e. The molecule has 0 aliphatic rings. The quantitative estimate of drug-likeness (QED) is 0.911. The number of rotatable bonds is 4. The number of pyridine rings is 1. The average Bonchev–Trinajstić information content (AvgIpc) is 2.70. The molecule has 94 valence electrons. The summed E-state index contributed by atoms with van der Waals surface area (Å²) in [7, 11) is 0. The fourth-order valence-electron chi connectivity index (χ4n) is 1.48. The van der Waals surface area contributed by atoms with Crippen LogP contribution in [0.25, 0.3) is 0 Å². The van der Waals surface area contributed by atoms with Crippen molar-refractivity contribution in [3.05, 3.63) is 40.3 Å². The summed E-state index contributed by atoms with van der Waals surface area (Å²) in [6.45, 7) is 1.88. The van der Waals surface area contributed by atoms with Gasteiger partial charge in [-0.3, -0.25) is 14.9 Å². The Morgan fingerprint density at radius 2 is 2.33 bits per heavy atom. The summed E-state index contributed by atoms with van der Waals surface area (Å²) in [6, 6.07) is 5.67. The van der Waals surface area contributed by atoms with Crippen molar-refractivity contribution < 1.29 is 4.79 Å². The Labute approximate surface area is 113 Å². The lowest BCUT2D eigenvalue weighted by Crippen LogP contribution is -2.13. The van der Waals surface area contributed by atoms with Gasteiger partial charge in [-0.25, -0.2) is 0 Å². The van der Waals surface area contributed by atoms with Crippen LogP contribution >= 0.6 is 15.9 Å². The molecule has 0 fully saturated rings. The molecule has 0 saturated carbocycles. The minimum Gasteiger partial charge on any atom is -0.308 e. The average molecular weight is 309 g/mol. The molecular formula is C12H13BrN4O. The standard InChI is InChI=1S/C12H13BrN4O/c1-8-11(13)12(17-16-8)15-10(18)6-5-9-4-2-3-7-14-9/h2-4,7H,5-6H2,1H3,(H2,15,16,17,18). The number of halogens is 1. The van der Waals surface area contributed by atoms with Crippen molar-refractivity contribution in [1.29, 1.82) is 0 Å². The number of anilines is 1. The molecule has 2 aromatic rings. The molecule has 2 N–H and O–H groups in total. The van der Waals surface area contributed by atoms with Crippen LogP contribution in [-0.4, -0.2) is 21.1 Å². The number of aryl methyl sites for hydroxylation is 2. The third-order valence-corrected chi connectivity index (χ3v) is 3.44. The normalized spacial score (nSPS) is 10.3. The van der Waals surface area contributed by atoms with Gasteiger partial charge in [0.2, 0.25) is 5.91 Å². The molecule has 0 aliphatic carbocycles. The second-order valence-corrected chi connectivity index (χ2v) is 4.67. The molecule has 2 heterocycles. The number of aromatic amines is 1. The zero-order chi connectivity index (χ0) is 13.0. The van der Waals surface area contributed by atoms with Crippen LogP contribution in [0.5, 0.6) is 0 Å². The van der Waals surface area contributed by atoms with Gasteiger partial charge in [-0.15, -0.1) is 0 Å². The molecule has 0 aromatic carbocycles. The SMILES string of the molecule is Cc1[nH]nc(NC(=O)CCc2ccccn2)c1Br. The van der Waals surface area contributed by atoms with Gasteiger partial charge in [-0.05, 0) is 41.4 Å². The number of H-pyrrole nitrogens is 1. The molecule has 1 amide bonds.